The molecule has 0 atom stereocenters. The maximum Gasteiger partial charge on any atom is 0.315 e. The van der Waals surface area contributed by atoms with Crippen molar-refractivity contribution in [2.45, 2.75) is 44.3 Å². The molecule has 1 aliphatic rings. The van der Waals surface area contributed by atoms with Crippen LogP contribution in [0, 0.1) is 0 Å². The predicted molar refractivity (Wildman–Crippen MR) is 133 cm³/mol. The molecule has 4 rings (SSSR count). The Bertz CT molecular complexity index is 1080. The molecule has 1 aliphatic carbocycles. The van der Waals surface area contributed by atoms with E-state index in [0.717, 1.165) is 52.4 Å². The van der Waals surface area contributed by atoms with E-state index in [0.29, 0.717) is 12.5 Å². The zero-order chi connectivity index (χ0) is 22.7. The molecule has 3 N–H and O–H groups in total. The van der Waals surface area contributed by atoms with E-state index in [2.05, 4.69) is 21.2 Å². The lowest BCUT2D eigenvalue weighted by atomic mass is 9.90. The molecule has 1 fully saturated rings. The van der Waals surface area contributed by atoms with Crippen LogP contribution in [-0.4, -0.2) is 47.1 Å². The largest absolute Gasteiger partial charge is 0.362 e. The van der Waals surface area contributed by atoms with Crippen LogP contribution in [0.1, 0.15) is 31.2 Å². The van der Waals surface area contributed by atoms with E-state index in [-0.39, 0.29) is 18.1 Å². The summed E-state index contributed by atoms with van der Waals surface area (Å²) in [7, 11) is 3.99. The molecule has 32 heavy (non-hydrogen) atoms. The van der Waals surface area contributed by atoms with Crippen LogP contribution in [0.25, 0.3) is 10.9 Å². The summed E-state index contributed by atoms with van der Waals surface area (Å²) in [5.41, 5.74) is 7.74. The number of rotatable bonds is 6. The van der Waals surface area contributed by atoms with Crippen LogP contribution in [0.5, 0.6) is 0 Å². The molecular formula is C24H29BrN6O. The van der Waals surface area contributed by atoms with Crippen molar-refractivity contribution in [1.82, 2.24) is 14.9 Å². The van der Waals surface area contributed by atoms with E-state index in [1.807, 2.05) is 67.5 Å². The highest BCUT2D eigenvalue weighted by molar-refractivity contribution is 9.10. The van der Waals surface area contributed by atoms with E-state index >= 15 is 0 Å². The Morgan fingerprint density at radius 1 is 1.06 bits per heavy atom. The molecule has 2 amide bonds. The first-order chi connectivity index (χ1) is 15.4. The van der Waals surface area contributed by atoms with Crippen LogP contribution in [0.3, 0.4) is 0 Å². The van der Waals surface area contributed by atoms with Crippen molar-refractivity contribution in [3.8, 4) is 0 Å². The predicted octanol–water partition coefficient (Wildman–Crippen LogP) is 4.76. The van der Waals surface area contributed by atoms with Crippen molar-refractivity contribution in [2.75, 3.05) is 24.3 Å². The second-order valence-electron chi connectivity index (χ2n) is 8.52. The lowest BCUT2D eigenvalue weighted by molar-refractivity contribution is 0.156. The van der Waals surface area contributed by atoms with Gasteiger partial charge in [-0.2, -0.15) is 4.98 Å². The van der Waals surface area contributed by atoms with Crippen molar-refractivity contribution in [3.05, 3.63) is 58.6 Å². The SMILES string of the molecule is CN(C)c1nc(NC2CCC(N(Cc3ccc(Br)cc3)C(N)=O)CC2)nc2ccccc12. The highest BCUT2D eigenvalue weighted by atomic mass is 79.9. The molecule has 1 aromatic heterocycles. The minimum Gasteiger partial charge on any atom is -0.362 e. The van der Waals surface area contributed by atoms with Gasteiger partial charge in [0.25, 0.3) is 0 Å². The summed E-state index contributed by atoms with van der Waals surface area (Å²) in [6, 6.07) is 16.1. The molecule has 0 saturated heterocycles. The number of anilines is 2. The number of halogens is 1. The Kier molecular flexibility index (Phi) is 6.79. The summed E-state index contributed by atoms with van der Waals surface area (Å²) in [6.45, 7) is 0.533. The van der Waals surface area contributed by atoms with Crippen LogP contribution in [-0.2, 0) is 6.54 Å². The Labute approximate surface area is 197 Å². The number of urea groups is 1. The molecule has 0 bridgehead atoms. The van der Waals surface area contributed by atoms with Gasteiger partial charge in [0, 0.05) is 42.6 Å². The number of primary amides is 1. The fourth-order valence-electron chi connectivity index (χ4n) is 4.35. The minimum atomic E-state index is -0.363. The summed E-state index contributed by atoms with van der Waals surface area (Å²) >= 11 is 3.45. The van der Waals surface area contributed by atoms with Gasteiger partial charge in [0.1, 0.15) is 5.82 Å². The Balaban J connectivity index is 1.42. The van der Waals surface area contributed by atoms with Crippen molar-refractivity contribution in [2.24, 2.45) is 5.73 Å². The van der Waals surface area contributed by atoms with E-state index < -0.39 is 0 Å². The van der Waals surface area contributed by atoms with E-state index in [9.17, 15) is 4.79 Å². The number of nitrogens with one attached hydrogen (secondary N) is 1. The number of nitrogens with two attached hydrogens (primary N) is 1. The smallest absolute Gasteiger partial charge is 0.315 e. The topological polar surface area (TPSA) is 87.4 Å². The fourth-order valence-corrected chi connectivity index (χ4v) is 4.62. The van der Waals surface area contributed by atoms with Gasteiger partial charge in [-0.25, -0.2) is 9.78 Å². The molecule has 2 aromatic carbocycles. The van der Waals surface area contributed by atoms with Crippen LogP contribution in [0.2, 0.25) is 0 Å². The van der Waals surface area contributed by atoms with Crippen molar-refractivity contribution >= 4 is 44.6 Å². The summed E-state index contributed by atoms with van der Waals surface area (Å²) in [4.78, 5) is 25.5. The molecular weight excluding hydrogens is 468 g/mol. The molecule has 0 unspecified atom stereocenters. The molecule has 1 saturated carbocycles. The molecule has 0 aliphatic heterocycles. The van der Waals surface area contributed by atoms with Crippen molar-refractivity contribution in [3.63, 3.8) is 0 Å². The Hall–Kier alpha value is -2.87. The van der Waals surface area contributed by atoms with E-state index in [4.69, 9.17) is 15.7 Å². The van der Waals surface area contributed by atoms with E-state index in [1.165, 1.54) is 0 Å². The van der Waals surface area contributed by atoms with Crippen LogP contribution in [0.15, 0.2) is 53.0 Å². The minimum absolute atomic E-state index is 0.143. The third-order valence-electron chi connectivity index (χ3n) is 6.03. The third kappa shape index (κ3) is 5.12. The second-order valence-corrected chi connectivity index (χ2v) is 9.44. The van der Waals surface area contributed by atoms with Gasteiger partial charge in [-0.1, -0.05) is 40.2 Å². The maximum atomic E-state index is 12.2. The van der Waals surface area contributed by atoms with Gasteiger partial charge in [-0.05, 0) is 55.5 Å². The third-order valence-corrected chi connectivity index (χ3v) is 6.56. The lowest BCUT2D eigenvalue weighted by Crippen LogP contribution is -2.46. The first kappa shape index (κ1) is 22.3. The Morgan fingerprint density at radius 2 is 1.75 bits per heavy atom. The molecule has 168 valence electrons. The zero-order valence-electron chi connectivity index (χ0n) is 18.5. The molecule has 1 heterocycles. The van der Waals surface area contributed by atoms with Gasteiger partial charge in [-0.15, -0.1) is 0 Å². The van der Waals surface area contributed by atoms with Crippen molar-refractivity contribution < 1.29 is 4.79 Å². The van der Waals surface area contributed by atoms with Crippen LogP contribution < -0.4 is 16.0 Å². The number of fused-ring (bicyclic) bond motifs is 1. The highest BCUT2D eigenvalue weighted by Crippen LogP contribution is 2.28. The number of benzene rings is 2. The molecule has 7 nitrogen and oxygen atoms in total. The number of carbonyl (C=O) groups excluding carboxylic acids is 1. The number of hydrogen-bond acceptors (Lipinski definition) is 5. The summed E-state index contributed by atoms with van der Waals surface area (Å²) in [5.74, 6) is 1.55. The molecule has 0 radical (unpaired) electrons. The average Bonchev–Trinajstić information content (AvgIpc) is 2.78. The number of nitrogens with zero attached hydrogens (tertiary/aromatic N) is 4. The Morgan fingerprint density at radius 3 is 2.41 bits per heavy atom. The summed E-state index contributed by atoms with van der Waals surface area (Å²) < 4.78 is 1.02. The fraction of sp³-hybridized carbons (Fsp3) is 0.375. The maximum absolute atomic E-state index is 12.2. The first-order valence-corrected chi connectivity index (χ1v) is 11.7. The number of amides is 2. The number of para-hydroxylation sites is 1. The zero-order valence-corrected chi connectivity index (χ0v) is 20.0. The van der Waals surface area contributed by atoms with Gasteiger partial charge < -0.3 is 20.9 Å². The van der Waals surface area contributed by atoms with Gasteiger partial charge in [0.15, 0.2) is 0 Å². The lowest BCUT2D eigenvalue weighted by Gasteiger charge is -2.36. The van der Waals surface area contributed by atoms with Crippen LogP contribution >= 0.6 is 15.9 Å². The number of hydrogen-bond donors (Lipinski definition) is 2. The molecule has 0 spiro atoms. The normalized spacial score (nSPS) is 18.3. The molecule has 8 heteroatoms. The second kappa shape index (κ2) is 9.73. The quantitative estimate of drug-likeness (QED) is 0.513. The summed E-state index contributed by atoms with van der Waals surface area (Å²) in [6.07, 6.45) is 3.65. The monoisotopic (exact) mass is 496 g/mol. The van der Waals surface area contributed by atoms with E-state index in [1.54, 1.807) is 4.90 Å². The first-order valence-electron chi connectivity index (χ1n) is 10.9. The molecule has 3 aromatic rings. The van der Waals surface area contributed by atoms with Gasteiger partial charge in [-0.3, -0.25) is 0 Å². The standard InChI is InChI=1S/C24H29BrN6O/c1-30(2)22-20-5-3-4-6-21(20)28-24(29-22)27-18-11-13-19(14-12-18)31(23(26)32)15-16-7-9-17(25)10-8-16/h3-10,18-19H,11-15H2,1-2H3,(H2,26,32)(H,27,28,29). The van der Waals surface area contributed by atoms with Crippen molar-refractivity contribution in [1.29, 1.82) is 0 Å². The average molecular weight is 497 g/mol. The number of aromatic nitrogens is 2. The summed E-state index contributed by atoms with van der Waals surface area (Å²) in [5, 5.41) is 4.56. The number of carbonyl (C=O) groups is 1. The van der Waals surface area contributed by atoms with Gasteiger partial charge >= 0.3 is 6.03 Å². The van der Waals surface area contributed by atoms with Gasteiger partial charge in [0.05, 0.1) is 5.52 Å². The van der Waals surface area contributed by atoms with Gasteiger partial charge in [0.2, 0.25) is 5.95 Å². The van der Waals surface area contributed by atoms with Crippen LogP contribution in [0.4, 0.5) is 16.6 Å². The highest BCUT2D eigenvalue weighted by Gasteiger charge is 2.28.